The second-order valence-electron chi connectivity index (χ2n) is 2.51. The third-order valence-electron chi connectivity index (χ3n) is 1.69. The molecule has 0 fully saturated rings. The molecule has 0 heterocycles. The van der Waals surface area contributed by atoms with Gasteiger partial charge in [0.05, 0.1) is 12.7 Å². The Bertz CT molecular complexity index is 347. The normalized spacial score (nSPS) is 9.38. The molecule has 68 valence electrons. The molecule has 0 unspecified atom stereocenters. The number of nitroso groups, excluding NO2 is 1. The molecule has 4 heteroatoms. The van der Waals surface area contributed by atoms with E-state index in [1.807, 2.05) is 0 Å². The van der Waals surface area contributed by atoms with Gasteiger partial charge in [0.25, 0.3) is 0 Å². The van der Waals surface area contributed by atoms with Crippen molar-refractivity contribution >= 4 is 12.0 Å². The van der Waals surface area contributed by atoms with E-state index in [0.717, 1.165) is 0 Å². The van der Waals surface area contributed by atoms with Crippen LogP contribution >= 0.6 is 0 Å². The van der Waals surface area contributed by atoms with E-state index in [1.54, 1.807) is 18.2 Å². The van der Waals surface area contributed by atoms with Gasteiger partial charge >= 0.3 is 5.69 Å². The van der Waals surface area contributed by atoms with Crippen LogP contribution in [0, 0.1) is 4.91 Å². The maximum absolute atomic E-state index is 11.1. The Balaban J connectivity index is 3.38. The minimum Gasteiger partial charge on any atom is -0.490 e. The summed E-state index contributed by atoms with van der Waals surface area (Å²) in [7, 11) is 2.78. The van der Waals surface area contributed by atoms with Gasteiger partial charge < -0.3 is 4.74 Å². The molecule has 1 aromatic carbocycles. The van der Waals surface area contributed by atoms with Crippen molar-refractivity contribution in [3.8, 4) is 5.75 Å². The largest absolute Gasteiger partial charge is 0.490 e. The number of nitrogens with zero attached hydrogens (tertiary/aromatic N) is 1. The molecular formula is C9H10NO3+. The van der Waals surface area contributed by atoms with E-state index in [2.05, 4.69) is 0 Å². The zero-order chi connectivity index (χ0) is 9.84. The number of methoxy groups -OCH3 is 1. The van der Waals surface area contributed by atoms with Gasteiger partial charge in [-0.05, 0) is 12.1 Å². The van der Waals surface area contributed by atoms with Crippen LogP contribution in [0.3, 0.4) is 0 Å². The molecule has 0 saturated carbocycles. The summed E-state index contributed by atoms with van der Waals surface area (Å²) in [5, 5.41) is 0. The van der Waals surface area contributed by atoms with Gasteiger partial charge in [-0.3, -0.25) is 4.79 Å². The number of hydrogen-bond donors (Lipinski definition) is 0. The lowest BCUT2D eigenvalue weighted by molar-refractivity contribution is -0.429. The monoisotopic (exact) mass is 180 g/mol. The number of para-hydroxylation sites is 1. The highest BCUT2D eigenvalue weighted by atomic mass is 16.5. The quantitative estimate of drug-likeness (QED) is 0.523. The van der Waals surface area contributed by atoms with Crippen molar-refractivity contribution in [3.63, 3.8) is 0 Å². The molecule has 0 bridgehead atoms. The van der Waals surface area contributed by atoms with Crippen molar-refractivity contribution in [3.05, 3.63) is 28.7 Å². The Hall–Kier alpha value is -1.71. The van der Waals surface area contributed by atoms with E-state index >= 15 is 0 Å². The van der Waals surface area contributed by atoms with E-state index in [1.165, 1.54) is 14.2 Å². The molecule has 0 radical (unpaired) electrons. The van der Waals surface area contributed by atoms with E-state index in [-0.39, 0.29) is 5.69 Å². The summed E-state index contributed by atoms with van der Waals surface area (Å²) < 4.78 is 5.56. The van der Waals surface area contributed by atoms with Crippen molar-refractivity contribution in [2.75, 3.05) is 14.2 Å². The van der Waals surface area contributed by atoms with Crippen molar-refractivity contribution in [2.45, 2.75) is 0 Å². The highest BCUT2D eigenvalue weighted by molar-refractivity contribution is 5.83. The molecule has 4 nitrogen and oxygen atoms in total. The fraction of sp³-hybridized carbons (Fsp3) is 0.222. The highest BCUT2D eigenvalue weighted by Crippen LogP contribution is 2.28. The van der Waals surface area contributed by atoms with Crippen molar-refractivity contribution in [2.24, 2.45) is 0 Å². The summed E-state index contributed by atoms with van der Waals surface area (Å²) in [6.07, 6.45) is 0.631. The van der Waals surface area contributed by atoms with Gasteiger partial charge in [-0.15, -0.1) is 0 Å². The van der Waals surface area contributed by atoms with Crippen molar-refractivity contribution in [1.82, 2.24) is 0 Å². The third-order valence-corrected chi connectivity index (χ3v) is 1.69. The molecule has 0 saturated heterocycles. The molecule has 1 aromatic rings. The van der Waals surface area contributed by atoms with E-state index in [0.29, 0.717) is 22.4 Å². The van der Waals surface area contributed by atoms with Gasteiger partial charge in [0.1, 0.15) is 0 Å². The lowest BCUT2D eigenvalue weighted by Crippen LogP contribution is -1.99. The molecule has 0 N–H and O–H groups in total. The predicted molar refractivity (Wildman–Crippen MR) is 47.6 cm³/mol. The standard InChI is InChI=1S/C9H10NO3/c1-10(12)9-7(6-11)4-3-5-8(9)13-2/h3-6H,1-2H3/q+1. The Morgan fingerprint density at radius 2 is 2.15 bits per heavy atom. The molecule has 13 heavy (non-hydrogen) atoms. The van der Waals surface area contributed by atoms with Crippen LogP contribution in [0.25, 0.3) is 0 Å². The van der Waals surface area contributed by atoms with Gasteiger partial charge in [0, 0.05) is 9.67 Å². The summed E-state index contributed by atoms with van der Waals surface area (Å²) in [6, 6.07) is 4.87. The van der Waals surface area contributed by atoms with E-state index < -0.39 is 0 Å². The summed E-state index contributed by atoms with van der Waals surface area (Å²) >= 11 is 0. The second-order valence-corrected chi connectivity index (χ2v) is 2.51. The second kappa shape index (κ2) is 3.80. The molecule has 0 aromatic heterocycles. The van der Waals surface area contributed by atoms with E-state index in [4.69, 9.17) is 4.74 Å². The van der Waals surface area contributed by atoms with Crippen LogP contribution in [0.4, 0.5) is 5.69 Å². The molecular weight excluding hydrogens is 170 g/mol. The number of carbonyl (C=O) groups excluding carboxylic acids is 1. The number of hydrogen-bond acceptors (Lipinski definition) is 3. The van der Waals surface area contributed by atoms with Gasteiger partial charge in [-0.1, -0.05) is 6.07 Å². The minimum atomic E-state index is 0.264. The molecule has 0 aliphatic rings. The Morgan fingerprint density at radius 1 is 1.46 bits per heavy atom. The zero-order valence-electron chi connectivity index (χ0n) is 7.48. The predicted octanol–water partition coefficient (Wildman–Crippen LogP) is 1.55. The number of rotatable bonds is 3. The van der Waals surface area contributed by atoms with Crippen LogP contribution in [0.2, 0.25) is 0 Å². The number of carbonyl (C=O) groups is 1. The first kappa shape index (κ1) is 9.38. The summed E-state index contributed by atoms with van der Waals surface area (Å²) in [5.41, 5.74) is 0.594. The first-order chi connectivity index (χ1) is 6.20. The summed E-state index contributed by atoms with van der Waals surface area (Å²) in [5.74, 6) is 0.405. The average molecular weight is 180 g/mol. The van der Waals surface area contributed by atoms with Crippen molar-refractivity contribution in [1.29, 1.82) is 0 Å². The summed E-state index contributed by atoms with van der Waals surface area (Å²) in [4.78, 5) is 21.7. The molecule has 0 atom stereocenters. The fourth-order valence-electron chi connectivity index (χ4n) is 1.14. The Morgan fingerprint density at radius 3 is 2.62 bits per heavy atom. The number of benzene rings is 1. The molecule has 0 aliphatic heterocycles. The number of aldehydes is 1. The van der Waals surface area contributed by atoms with Crippen LogP contribution in [0.1, 0.15) is 10.4 Å². The van der Waals surface area contributed by atoms with Gasteiger partial charge in [0.15, 0.2) is 19.1 Å². The van der Waals surface area contributed by atoms with Gasteiger partial charge in [-0.2, -0.15) is 0 Å². The SMILES string of the molecule is COc1cccc(C=O)c1[N+](C)=O. The highest BCUT2D eigenvalue weighted by Gasteiger charge is 2.19. The lowest BCUT2D eigenvalue weighted by atomic mass is 10.2. The molecule has 0 aliphatic carbocycles. The van der Waals surface area contributed by atoms with Crippen LogP contribution in [-0.4, -0.2) is 25.2 Å². The smallest absolute Gasteiger partial charge is 0.307 e. The summed E-state index contributed by atoms with van der Waals surface area (Å²) in [6.45, 7) is 0. The maximum Gasteiger partial charge on any atom is 0.307 e. The third kappa shape index (κ3) is 1.72. The molecule has 0 spiro atoms. The van der Waals surface area contributed by atoms with Gasteiger partial charge in [0.2, 0.25) is 0 Å². The van der Waals surface area contributed by atoms with Crippen LogP contribution < -0.4 is 4.74 Å². The molecule has 1 rings (SSSR count). The number of ether oxygens (including phenoxy) is 1. The Kier molecular flexibility index (Phi) is 2.74. The van der Waals surface area contributed by atoms with E-state index in [9.17, 15) is 9.70 Å². The first-order valence-electron chi connectivity index (χ1n) is 3.73. The van der Waals surface area contributed by atoms with Crippen LogP contribution in [0.15, 0.2) is 18.2 Å². The zero-order valence-corrected chi connectivity index (χ0v) is 7.48. The Labute approximate surface area is 75.7 Å². The van der Waals surface area contributed by atoms with Crippen LogP contribution in [-0.2, 0) is 0 Å². The first-order valence-corrected chi connectivity index (χ1v) is 3.73. The van der Waals surface area contributed by atoms with Crippen molar-refractivity contribution < 1.29 is 14.3 Å². The van der Waals surface area contributed by atoms with Gasteiger partial charge in [-0.25, -0.2) is 0 Å². The minimum absolute atomic E-state index is 0.264. The lowest BCUT2D eigenvalue weighted by Gasteiger charge is -2.00. The molecule has 0 amide bonds. The average Bonchev–Trinajstić information content (AvgIpc) is 2.16. The maximum atomic E-state index is 11.1. The van der Waals surface area contributed by atoms with Crippen LogP contribution in [0.5, 0.6) is 5.75 Å². The topological polar surface area (TPSA) is 46.4 Å². The fourth-order valence-corrected chi connectivity index (χ4v) is 1.14.